The van der Waals surface area contributed by atoms with E-state index in [9.17, 15) is 0 Å². The molecule has 1 aliphatic heterocycles. The minimum Gasteiger partial charge on any atom is -0.383 e. The fraction of sp³-hybridized carbons (Fsp3) is 0.625. The van der Waals surface area contributed by atoms with E-state index in [0.717, 1.165) is 22.6 Å². The molecule has 0 radical (unpaired) electrons. The third kappa shape index (κ3) is 2.64. The second kappa shape index (κ2) is 5.54. The molecule has 1 saturated heterocycles. The first-order valence-electron chi connectivity index (χ1n) is 7.75. The lowest BCUT2D eigenvalue weighted by Gasteiger charge is -2.38. The Kier molecular flexibility index (Phi) is 3.88. The standard InChI is InChI=1S/C16H24N4S/c1-9-6-5-7-10(2)20(9)8-13-18-15(17)14-11(3)12(4)21-16(14)19-13/h9-10H,5-8H2,1-4H3,(H2,17,18,19). The van der Waals surface area contributed by atoms with Gasteiger partial charge in [0.25, 0.3) is 0 Å². The largest absolute Gasteiger partial charge is 0.383 e. The Morgan fingerprint density at radius 3 is 2.52 bits per heavy atom. The van der Waals surface area contributed by atoms with Crippen LogP contribution in [0.25, 0.3) is 10.2 Å². The van der Waals surface area contributed by atoms with E-state index in [1.165, 1.54) is 29.7 Å². The van der Waals surface area contributed by atoms with Crippen molar-refractivity contribution in [1.29, 1.82) is 0 Å². The minimum atomic E-state index is 0.598. The number of likely N-dealkylation sites (tertiary alicyclic amines) is 1. The van der Waals surface area contributed by atoms with Gasteiger partial charge < -0.3 is 5.73 Å². The van der Waals surface area contributed by atoms with E-state index in [4.69, 9.17) is 10.7 Å². The van der Waals surface area contributed by atoms with Crippen molar-refractivity contribution >= 4 is 27.4 Å². The lowest BCUT2D eigenvalue weighted by Crippen LogP contribution is -2.43. The zero-order chi connectivity index (χ0) is 15.1. The van der Waals surface area contributed by atoms with Crippen molar-refractivity contribution in [2.45, 2.75) is 65.6 Å². The van der Waals surface area contributed by atoms with Crippen LogP contribution in [0.15, 0.2) is 0 Å². The predicted molar refractivity (Wildman–Crippen MR) is 89.6 cm³/mol. The van der Waals surface area contributed by atoms with Gasteiger partial charge >= 0.3 is 0 Å². The van der Waals surface area contributed by atoms with E-state index >= 15 is 0 Å². The van der Waals surface area contributed by atoms with Crippen LogP contribution in [0.5, 0.6) is 0 Å². The molecular formula is C16H24N4S. The van der Waals surface area contributed by atoms with Crippen LogP contribution >= 0.6 is 11.3 Å². The molecule has 0 saturated carbocycles. The third-order valence-corrected chi connectivity index (χ3v) is 5.90. The van der Waals surface area contributed by atoms with Crippen LogP contribution in [0, 0.1) is 13.8 Å². The summed E-state index contributed by atoms with van der Waals surface area (Å²) in [5.41, 5.74) is 7.40. The Morgan fingerprint density at radius 1 is 1.19 bits per heavy atom. The maximum atomic E-state index is 6.18. The molecule has 5 heteroatoms. The van der Waals surface area contributed by atoms with Crippen LogP contribution in [0.4, 0.5) is 5.82 Å². The molecule has 2 unspecified atom stereocenters. The number of nitrogens with two attached hydrogens (primary N) is 1. The third-order valence-electron chi connectivity index (χ3n) is 4.80. The van der Waals surface area contributed by atoms with Gasteiger partial charge in [0.15, 0.2) is 0 Å². The lowest BCUT2D eigenvalue weighted by atomic mass is 9.97. The number of aryl methyl sites for hydroxylation is 2. The Morgan fingerprint density at radius 2 is 1.86 bits per heavy atom. The van der Waals surface area contributed by atoms with Gasteiger partial charge in [-0.25, -0.2) is 9.97 Å². The van der Waals surface area contributed by atoms with Crippen molar-refractivity contribution in [1.82, 2.24) is 14.9 Å². The predicted octanol–water partition coefficient (Wildman–Crippen LogP) is 3.65. The second-order valence-corrected chi connectivity index (χ2v) is 7.49. The molecule has 3 rings (SSSR count). The van der Waals surface area contributed by atoms with Crippen molar-refractivity contribution in [3.8, 4) is 0 Å². The molecule has 0 aromatic carbocycles. The van der Waals surface area contributed by atoms with E-state index < -0.39 is 0 Å². The summed E-state index contributed by atoms with van der Waals surface area (Å²) in [6.07, 6.45) is 3.85. The zero-order valence-electron chi connectivity index (χ0n) is 13.3. The molecule has 0 bridgehead atoms. The van der Waals surface area contributed by atoms with Crippen LogP contribution in [0.2, 0.25) is 0 Å². The Bertz CT molecular complexity index is 654. The molecule has 2 N–H and O–H groups in total. The smallest absolute Gasteiger partial charge is 0.146 e. The lowest BCUT2D eigenvalue weighted by molar-refractivity contribution is 0.0924. The minimum absolute atomic E-state index is 0.598. The van der Waals surface area contributed by atoms with Crippen LogP contribution in [0.1, 0.15) is 49.4 Å². The Balaban J connectivity index is 1.94. The van der Waals surface area contributed by atoms with Crippen molar-refractivity contribution < 1.29 is 0 Å². The molecular weight excluding hydrogens is 280 g/mol. The first-order chi connectivity index (χ1) is 9.97. The molecule has 1 fully saturated rings. The fourth-order valence-electron chi connectivity index (χ4n) is 3.35. The zero-order valence-corrected chi connectivity index (χ0v) is 14.1. The molecule has 1 aliphatic rings. The number of piperidine rings is 1. The summed E-state index contributed by atoms with van der Waals surface area (Å²) >= 11 is 1.72. The quantitative estimate of drug-likeness (QED) is 0.920. The van der Waals surface area contributed by atoms with Crippen LogP contribution in [-0.4, -0.2) is 27.0 Å². The Hall–Kier alpha value is -1.20. The van der Waals surface area contributed by atoms with E-state index in [1.807, 2.05) is 0 Å². The molecule has 2 atom stereocenters. The SMILES string of the molecule is Cc1sc2nc(CN3C(C)CCCC3C)nc(N)c2c1C. The molecule has 21 heavy (non-hydrogen) atoms. The summed E-state index contributed by atoms with van der Waals surface area (Å²) in [5, 5.41) is 1.04. The molecule has 0 aliphatic carbocycles. The van der Waals surface area contributed by atoms with Gasteiger partial charge in [0.1, 0.15) is 16.5 Å². The summed E-state index contributed by atoms with van der Waals surface area (Å²) in [4.78, 5) is 14.2. The highest BCUT2D eigenvalue weighted by atomic mass is 32.1. The normalized spacial score (nSPS) is 23.8. The van der Waals surface area contributed by atoms with Crippen molar-refractivity contribution in [2.24, 2.45) is 0 Å². The summed E-state index contributed by atoms with van der Waals surface area (Å²) in [7, 11) is 0. The molecule has 0 spiro atoms. The summed E-state index contributed by atoms with van der Waals surface area (Å²) in [5.74, 6) is 1.50. The van der Waals surface area contributed by atoms with Gasteiger partial charge in [-0.2, -0.15) is 0 Å². The molecule has 4 nitrogen and oxygen atoms in total. The molecule has 0 amide bonds. The summed E-state index contributed by atoms with van der Waals surface area (Å²) < 4.78 is 0. The number of nitrogens with zero attached hydrogens (tertiary/aromatic N) is 3. The maximum absolute atomic E-state index is 6.18. The number of thiophene rings is 1. The van der Waals surface area contributed by atoms with Crippen LogP contribution < -0.4 is 5.73 Å². The number of aromatic nitrogens is 2. The monoisotopic (exact) mass is 304 g/mol. The maximum Gasteiger partial charge on any atom is 0.146 e. The van der Waals surface area contributed by atoms with E-state index in [2.05, 4.69) is 37.6 Å². The highest BCUT2D eigenvalue weighted by molar-refractivity contribution is 7.18. The number of hydrogen-bond acceptors (Lipinski definition) is 5. The number of hydrogen-bond donors (Lipinski definition) is 1. The highest BCUT2D eigenvalue weighted by Crippen LogP contribution is 2.32. The molecule has 3 heterocycles. The highest BCUT2D eigenvalue weighted by Gasteiger charge is 2.26. The number of rotatable bonds is 2. The van der Waals surface area contributed by atoms with E-state index in [1.54, 1.807) is 11.3 Å². The van der Waals surface area contributed by atoms with Gasteiger partial charge in [0.2, 0.25) is 0 Å². The van der Waals surface area contributed by atoms with Gasteiger partial charge in [-0.1, -0.05) is 6.42 Å². The number of anilines is 1. The fourth-order valence-corrected chi connectivity index (χ4v) is 4.40. The molecule has 114 valence electrons. The average molecular weight is 304 g/mol. The first-order valence-corrected chi connectivity index (χ1v) is 8.57. The first kappa shape index (κ1) is 14.7. The van der Waals surface area contributed by atoms with Crippen LogP contribution in [0.3, 0.4) is 0 Å². The van der Waals surface area contributed by atoms with Gasteiger partial charge in [0, 0.05) is 17.0 Å². The van der Waals surface area contributed by atoms with E-state index in [-0.39, 0.29) is 0 Å². The molecule has 2 aromatic rings. The van der Waals surface area contributed by atoms with Crippen LogP contribution in [-0.2, 0) is 6.54 Å². The average Bonchev–Trinajstić information content (AvgIpc) is 2.70. The van der Waals surface area contributed by atoms with E-state index in [0.29, 0.717) is 17.9 Å². The van der Waals surface area contributed by atoms with Gasteiger partial charge in [-0.05, 0) is 46.1 Å². The number of fused-ring (bicyclic) bond motifs is 1. The molecule has 2 aromatic heterocycles. The van der Waals surface area contributed by atoms with Gasteiger partial charge in [0.05, 0.1) is 11.9 Å². The van der Waals surface area contributed by atoms with Crippen molar-refractivity contribution in [3.63, 3.8) is 0 Å². The number of nitrogen functional groups attached to an aromatic ring is 1. The topological polar surface area (TPSA) is 55.0 Å². The van der Waals surface area contributed by atoms with Gasteiger partial charge in [-0.15, -0.1) is 11.3 Å². The van der Waals surface area contributed by atoms with Crippen molar-refractivity contribution in [2.75, 3.05) is 5.73 Å². The Labute approximate surface area is 130 Å². The summed E-state index contributed by atoms with van der Waals surface area (Å²) in [6, 6.07) is 1.20. The summed E-state index contributed by atoms with van der Waals surface area (Å²) in [6.45, 7) is 9.63. The second-order valence-electron chi connectivity index (χ2n) is 6.29. The van der Waals surface area contributed by atoms with Gasteiger partial charge in [-0.3, -0.25) is 4.90 Å². The van der Waals surface area contributed by atoms with Crippen molar-refractivity contribution in [3.05, 3.63) is 16.3 Å².